The standard InChI is InChI=1S/C14H19Cl2NO/c15-13-6-3-4-11(14(13)16)10-17-8-7-12-5-1-2-9-18-12/h3-4,6,12,17H,1-2,5,7-10H2. The molecule has 1 saturated heterocycles. The monoisotopic (exact) mass is 287 g/mol. The van der Waals surface area contributed by atoms with Crippen LogP contribution in [-0.2, 0) is 11.3 Å². The molecule has 1 aliphatic heterocycles. The molecule has 1 atom stereocenters. The van der Waals surface area contributed by atoms with Gasteiger partial charge in [-0.1, -0.05) is 35.3 Å². The molecule has 1 unspecified atom stereocenters. The lowest BCUT2D eigenvalue weighted by Crippen LogP contribution is -2.25. The van der Waals surface area contributed by atoms with E-state index in [2.05, 4.69) is 5.32 Å². The molecule has 1 aromatic rings. The number of hydrogen-bond acceptors (Lipinski definition) is 2. The molecule has 0 aromatic heterocycles. The quantitative estimate of drug-likeness (QED) is 0.826. The van der Waals surface area contributed by atoms with Crippen LogP contribution < -0.4 is 5.32 Å². The SMILES string of the molecule is Clc1cccc(CNCCC2CCCCO2)c1Cl. The molecule has 4 heteroatoms. The first-order valence-electron chi connectivity index (χ1n) is 6.52. The second kappa shape index (κ2) is 7.34. The highest BCUT2D eigenvalue weighted by Gasteiger charge is 2.13. The molecule has 1 heterocycles. The Morgan fingerprint density at radius 3 is 2.94 bits per heavy atom. The molecule has 0 spiro atoms. The predicted octanol–water partition coefficient (Wildman–Crippen LogP) is 4.04. The van der Waals surface area contributed by atoms with Crippen LogP contribution in [0.2, 0.25) is 10.0 Å². The van der Waals surface area contributed by atoms with Crippen LogP contribution in [0.5, 0.6) is 0 Å². The number of hydrogen-bond donors (Lipinski definition) is 1. The molecule has 18 heavy (non-hydrogen) atoms. The van der Waals surface area contributed by atoms with E-state index in [-0.39, 0.29) is 0 Å². The van der Waals surface area contributed by atoms with Gasteiger partial charge in [0.05, 0.1) is 16.1 Å². The summed E-state index contributed by atoms with van der Waals surface area (Å²) in [6.07, 6.45) is 5.20. The minimum Gasteiger partial charge on any atom is -0.378 e. The Labute approximate surface area is 119 Å². The van der Waals surface area contributed by atoms with Crippen molar-refractivity contribution in [3.63, 3.8) is 0 Å². The molecular formula is C14H19Cl2NO. The van der Waals surface area contributed by atoms with Gasteiger partial charge < -0.3 is 10.1 Å². The van der Waals surface area contributed by atoms with Crippen molar-refractivity contribution in [1.82, 2.24) is 5.32 Å². The summed E-state index contributed by atoms with van der Waals surface area (Å²) in [4.78, 5) is 0. The summed E-state index contributed by atoms with van der Waals surface area (Å²) in [6.45, 7) is 2.63. The average molecular weight is 288 g/mol. The van der Waals surface area contributed by atoms with Crippen LogP contribution >= 0.6 is 23.2 Å². The minimum absolute atomic E-state index is 0.432. The summed E-state index contributed by atoms with van der Waals surface area (Å²) >= 11 is 12.1. The molecule has 0 bridgehead atoms. The molecule has 0 radical (unpaired) electrons. The predicted molar refractivity (Wildman–Crippen MR) is 76.4 cm³/mol. The van der Waals surface area contributed by atoms with Crippen LogP contribution in [0.1, 0.15) is 31.2 Å². The van der Waals surface area contributed by atoms with Crippen LogP contribution in [0.4, 0.5) is 0 Å². The summed E-state index contributed by atoms with van der Waals surface area (Å²) < 4.78 is 5.69. The van der Waals surface area contributed by atoms with Gasteiger partial charge in [0.25, 0.3) is 0 Å². The minimum atomic E-state index is 0.432. The third-order valence-corrected chi connectivity index (χ3v) is 4.12. The Hall–Kier alpha value is -0.280. The van der Waals surface area contributed by atoms with E-state index < -0.39 is 0 Å². The van der Waals surface area contributed by atoms with Gasteiger partial charge in [0.15, 0.2) is 0 Å². The third-order valence-electron chi connectivity index (χ3n) is 3.26. The van der Waals surface area contributed by atoms with Gasteiger partial charge in [0, 0.05) is 13.2 Å². The van der Waals surface area contributed by atoms with Gasteiger partial charge in [-0.25, -0.2) is 0 Å². The highest BCUT2D eigenvalue weighted by molar-refractivity contribution is 6.42. The fourth-order valence-electron chi connectivity index (χ4n) is 2.21. The Morgan fingerprint density at radius 2 is 2.17 bits per heavy atom. The van der Waals surface area contributed by atoms with E-state index in [1.165, 1.54) is 19.3 Å². The first-order chi connectivity index (χ1) is 8.77. The number of halogens is 2. The number of nitrogens with one attached hydrogen (secondary N) is 1. The molecule has 1 fully saturated rings. The molecule has 1 N–H and O–H groups in total. The number of benzene rings is 1. The van der Waals surface area contributed by atoms with Crippen molar-refractivity contribution in [1.29, 1.82) is 0 Å². The van der Waals surface area contributed by atoms with Crippen LogP contribution in [-0.4, -0.2) is 19.3 Å². The van der Waals surface area contributed by atoms with Gasteiger partial charge >= 0.3 is 0 Å². The number of ether oxygens (including phenoxy) is 1. The van der Waals surface area contributed by atoms with Crippen molar-refractivity contribution >= 4 is 23.2 Å². The molecule has 0 aliphatic carbocycles. The molecule has 2 rings (SSSR count). The Kier molecular flexibility index (Phi) is 5.77. The van der Waals surface area contributed by atoms with Crippen molar-refractivity contribution in [3.05, 3.63) is 33.8 Å². The summed E-state index contributed by atoms with van der Waals surface area (Å²) in [6, 6.07) is 5.73. The Morgan fingerprint density at radius 1 is 1.28 bits per heavy atom. The molecule has 0 amide bonds. The maximum Gasteiger partial charge on any atom is 0.0637 e. The molecular weight excluding hydrogens is 269 g/mol. The topological polar surface area (TPSA) is 21.3 Å². The summed E-state index contributed by atoms with van der Waals surface area (Å²) in [5, 5.41) is 4.66. The zero-order valence-corrected chi connectivity index (χ0v) is 11.9. The third kappa shape index (κ3) is 4.13. The van der Waals surface area contributed by atoms with E-state index in [1.54, 1.807) is 0 Å². The largest absolute Gasteiger partial charge is 0.378 e. The maximum absolute atomic E-state index is 6.12. The van der Waals surface area contributed by atoms with Gasteiger partial charge in [-0.2, -0.15) is 0 Å². The normalized spacial score (nSPS) is 20.0. The molecule has 1 aromatic carbocycles. The maximum atomic E-state index is 6.12. The van der Waals surface area contributed by atoms with Gasteiger partial charge in [-0.15, -0.1) is 0 Å². The van der Waals surface area contributed by atoms with E-state index in [9.17, 15) is 0 Å². The molecule has 0 saturated carbocycles. The smallest absolute Gasteiger partial charge is 0.0637 e. The lowest BCUT2D eigenvalue weighted by Gasteiger charge is -2.22. The highest BCUT2D eigenvalue weighted by Crippen LogP contribution is 2.25. The second-order valence-corrected chi connectivity index (χ2v) is 5.45. The lowest BCUT2D eigenvalue weighted by molar-refractivity contribution is 0.0115. The van der Waals surface area contributed by atoms with Crippen molar-refractivity contribution < 1.29 is 4.74 Å². The highest BCUT2D eigenvalue weighted by atomic mass is 35.5. The fraction of sp³-hybridized carbons (Fsp3) is 0.571. The second-order valence-electron chi connectivity index (χ2n) is 4.67. The summed E-state index contributed by atoms with van der Waals surface area (Å²) in [5.74, 6) is 0. The Bertz CT molecular complexity index is 378. The molecule has 1 aliphatic rings. The van der Waals surface area contributed by atoms with Gasteiger partial charge in [-0.05, 0) is 43.9 Å². The zero-order chi connectivity index (χ0) is 12.8. The van der Waals surface area contributed by atoms with Crippen molar-refractivity contribution in [3.8, 4) is 0 Å². The summed E-state index contributed by atoms with van der Waals surface area (Å²) in [7, 11) is 0. The van der Waals surface area contributed by atoms with Crippen molar-refractivity contribution in [2.24, 2.45) is 0 Å². The van der Waals surface area contributed by atoms with E-state index >= 15 is 0 Å². The van der Waals surface area contributed by atoms with Crippen LogP contribution in [0, 0.1) is 0 Å². The fourth-order valence-corrected chi connectivity index (χ4v) is 2.59. The lowest BCUT2D eigenvalue weighted by atomic mass is 10.1. The Balaban J connectivity index is 1.70. The van der Waals surface area contributed by atoms with Crippen LogP contribution in [0.3, 0.4) is 0 Å². The number of rotatable bonds is 5. The van der Waals surface area contributed by atoms with Crippen molar-refractivity contribution in [2.75, 3.05) is 13.2 Å². The van der Waals surface area contributed by atoms with Crippen LogP contribution in [0.15, 0.2) is 18.2 Å². The van der Waals surface area contributed by atoms with E-state index in [4.69, 9.17) is 27.9 Å². The van der Waals surface area contributed by atoms with Gasteiger partial charge in [0.1, 0.15) is 0 Å². The zero-order valence-electron chi connectivity index (χ0n) is 10.4. The van der Waals surface area contributed by atoms with E-state index in [0.29, 0.717) is 16.1 Å². The first kappa shape index (κ1) is 14.1. The first-order valence-corrected chi connectivity index (χ1v) is 7.28. The van der Waals surface area contributed by atoms with Crippen molar-refractivity contribution in [2.45, 2.75) is 38.3 Å². The van der Waals surface area contributed by atoms with Crippen LogP contribution in [0.25, 0.3) is 0 Å². The van der Waals surface area contributed by atoms with E-state index in [0.717, 1.165) is 31.7 Å². The van der Waals surface area contributed by atoms with Gasteiger partial charge in [0.2, 0.25) is 0 Å². The molecule has 100 valence electrons. The average Bonchev–Trinajstić information content (AvgIpc) is 2.40. The van der Waals surface area contributed by atoms with Gasteiger partial charge in [-0.3, -0.25) is 0 Å². The van der Waals surface area contributed by atoms with E-state index in [1.807, 2.05) is 18.2 Å². The molecule has 2 nitrogen and oxygen atoms in total. The summed E-state index contributed by atoms with van der Waals surface area (Å²) in [5.41, 5.74) is 1.05.